The third kappa shape index (κ3) is 3.87. The fourth-order valence-electron chi connectivity index (χ4n) is 3.06. The van der Waals surface area contributed by atoms with Crippen LogP contribution >= 0.6 is 11.3 Å². The average Bonchev–Trinajstić information content (AvgIpc) is 3.31. The van der Waals surface area contributed by atoms with Crippen LogP contribution in [0, 0.1) is 0 Å². The van der Waals surface area contributed by atoms with Crippen molar-refractivity contribution in [2.75, 3.05) is 7.11 Å². The van der Waals surface area contributed by atoms with Crippen LogP contribution in [0.5, 0.6) is 16.8 Å². The Hall–Kier alpha value is -3.17. The molecule has 29 heavy (non-hydrogen) atoms. The van der Waals surface area contributed by atoms with E-state index in [2.05, 4.69) is 15.0 Å². The number of fused-ring (bicyclic) bond motifs is 3. The molecule has 8 nitrogen and oxygen atoms in total. The highest BCUT2D eigenvalue weighted by Crippen LogP contribution is 2.39. The zero-order chi connectivity index (χ0) is 20.4. The van der Waals surface area contributed by atoms with Crippen LogP contribution in [-0.2, 0) is 16.1 Å². The lowest BCUT2D eigenvalue weighted by Gasteiger charge is -2.12. The molecule has 0 spiro atoms. The van der Waals surface area contributed by atoms with Crippen molar-refractivity contribution in [1.29, 1.82) is 0 Å². The van der Waals surface area contributed by atoms with Gasteiger partial charge >= 0.3 is 6.16 Å². The highest BCUT2D eigenvalue weighted by Gasteiger charge is 2.21. The van der Waals surface area contributed by atoms with Crippen LogP contribution in [0.1, 0.15) is 19.4 Å². The van der Waals surface area contributed by atoms with Gasteiger partial charge in [0.15, 0.2) is 0 Å². The normalized spacial score (nSPS) is 11.3. The Kier molecular flexibility index (Phi) is 5.32. The molecule has 3 heterocycles. The lowest BCUT2D eigenvalue weighted by Crippen LogP contribution is -2.17. The molecular formula is C20H19N3O5S. The summed E-state index contributed by atoms with van der Waals surface area (Å²) in [6, 6.07) is 5.69. The van der Waals surface area contributed by atoms with Crippen molar-refractivity contribution in [3.8, 4) is 16.8 Å². The van der Waals surface area contributed by atoms with E-state index in [0.29, 0.717) is 16.5 Å². The van der Waals surface area contributed by atoms with Gasteiger partial charge in [-0.3, -0.25) is 0 Å². The van der Waals surface area contributed by atoms with Crippen LogP contribution in [0.15, 0.2) is 36.0 Å². The number of methoxy groups -OCH3 is 1. The molecule has 0 aliphatic rings. The van der Waals surface area contributed by atoms with Crippen molar-refractivity contribution in [3.63, 3.8) is 0 Å². The van der Waals surface area contributed by atoms with Crippen LogP contribution in [0.25, 0.3) is 21.8 Å². The number of hydrogen-bond donors (Lipinski definition) is 1. The van der Waals surface area contributed by atoms with Crippen LogP contribution in [0.2, 0.25) is 0 Å². The molecule has 0 atom stereocenters. The molecule has 4 aromatic rings. The third-order valence-corrected chi connectivity index (χ3v) is 4.74. The summed E-state index contributed by atoms with van der Waals surface area (Å²) >= 11 is 1.40. The molecule has 150 valence electrons. The van der Waals surface area contributed by atoms with Gasteiger partial charge in [-0.05, 0) is 26.0 Å². The van der Waals surface area contributed by atoms with E-state index in [-0.39, 0.29) is 18.6 Å². The number of carbonyl (C=O) groups is 1. The molecule has 3 aromatic heterocycles. The molecule has 0 radical (unpaired) electrons. The summed E-state index contributed by atoms with van der Waals surface area (Å²) in [4.78, 5) is 23.8. The van der Waals surface area contributed by atoms with Gasteiger partial charge in [0.1, 0.15) is 5.75 Å². The van der Waals surface area contributed by atoms with E-state index in [1.54, 1.807) is 33.4 Å². The van der Waals surface area contributed by atoms with E-state index in [1.165, 1.54) is 11.3 Å². The van der Waals surface area contributed by atoms with Gasteiger partial charge in [-0.1, -0.05) is 17.4 Å². The Morgan fingerprint density at radius 3 is 2.79 bits per heavy atom. The fraction of sp³-hybridized carbons (Fsp3) is 0.250. The van der Waals surface area contributed by atoms with Crippen molar-refractivity contribution in [1.82, 2.24) is 15.0 Å². The average molecular weight is 413 g/mol. The number of carbonyl (C=O) groups excluding carboxylic acids is 1. The summed E-state index contributed by atoms with van der Waals surface area (Å²) in [5.74, 6) is 0.762. The van der Waals surface area contributed by atoms with Crippen LogP contribution < -0.4 is 9.47 Å². The summed E-state index contributed by atoms with van der Waals surface area (Å²) in [7, 11) is 1.57. The predicted molar refractivity (Wildman–Crippen MR) is 109 cm³/mol. The van der Waals surface area contributed by atoms with Crippen molar-refractivity contribution < 1.29 is 23.7 Å². The van der Waals surface area contributed by atoms with Crippen LogP contribution in [0.4, 0.5) is 4.79 Å². The Balaban J connectivity index is 1.88. The zero-order valence-corrected chi connectivity index (χ0v) is 16.9. The number of aromatic nitrogens is 3. The minimum Gasteiger partial charge on any atom is -0.431 e. The summed E-state index contributed by atoms with van der Waals surface area (Å²) in [6.45, 7) is 3.68. The number of hydrogen-bond acceptors (Lipinski definition) is 8. The number of nitrogens with one attached hydrogen (secondary N) is 1. The first-order chi connectivity index (χ1) is 14.1. The highest BCUT2D eigenvalue weighted by atomic mass is 32.1. The molecule has 0 saturated carbocycles. The van der Waals surface area contributed by atoms with Gasteiger partial charge in [-0.2, -0.15) is 0 Å². The summed E-state index contributed by atoms with van der Waals surface area (Å²) in [6.07, 6.45) is 2.17. The molecule has 9 heteroatoms. The van der Waals surface area contributed by atoms with E-state index in [1.807, 2.05) is 23.6 Å². The van der Waals surface area contributed by atoms with Gasteiger partial charge in [0.25, 0.3) is 5.19 Å². The van der Waals surface area contributed by atoms with Crippen molar-refractivity contribution in [2.45, 2.75) is 26.6 Å². The molecule has 4 rings (SSSR count). The number of benzene rings is 1. The molecule has 0 saturated heterocycles. The van der Waals surface area contributed by atoms with Crippen molar-refractivity contribution in [3.05, 3.63) is 41.5 Å². The van der Waals surface area contributed by atoms with E-state index in [9.17, 15) is 4.79 Å². The SMILES string of the molecule is COCc1c(OC(=O)OC(C)C)ncc2[nH]c3cccc(Oc4nccs4)c3c12. The smallest absolute Gasteiger partial charge is 0.431 e. The van der Waals surface area contributed by atoms with E-state index >= 15 is 0 Å². The van der Waals surface area contributed by atoms with Gasteiger partial charge in [0.05, 0.1) is 40.9 Å². The number of thiazole rings is 1. The second-order valence-electron chi connectivity index (χ2n) is 6.49. The molecule has 0 amide bonds. The minimum atomic E-state index is -0.816. The quantitative estimate of drug-likeness (QED) is 0.443. The highest BCUT2D eigenvalue weighted by molar-refractivity contribution is 7.11. The Labute approximate surface area is 170 Å². The fourth-order valence-corrected chi connectivity index (χ4v) is 3.55. The molecule has 0 unspecified atom stereocenters. The number of nitrogens with zero attached hydrogens (tertiary/aromatic N) is 2. The van der Waals surface area contributed by atoms with E-state index in [4.69, 9.17) is 18.9 Å². The Bertz CT molecular complexity index is 1150. The first-order valence-corrected chi connectivity index (χ1v) is 9.81. The molecule has 0 aliphatic carbocycles. The molecule has 1 aromatic carbocycles. The second kappa shape index (κ2) is 8.06. The number of rotatable bonds is 6. The van der Waals surface area contributed by atoms with Crippen LogP contribution in [0.3, 0.4) is 0 Å². The maximum atomic E-state index is 12.0. The van der Waals surface area contributed by atoms with Gasteiger partial charge in [0, 0.05) is 24.1 Å². The van der Waals surface area contributed by atoms with Gasteiger partial charge in [0.2, 0.25) is 5.88 Å². The Morgan fingerprint density at radius 1 is 1.21 bits per heavy atom. The first-order valence-electron chi connectivity index (χ1n) is 8.94. The lowest BCUT2D eigenvalue weighted by molar-refractivity contribution is 0.0705. The summed E-state index contributed by atoms with van der Waals surface area (Å²) < 4.78 is 21.8. The second-order valence-corrected chi connectivity index (χ2v) is 7.34. The third-order valence-electron chi connectivity index (χ3n) is 4.09. The molecule has 0 aliphatic heterocycles. The van der Waals surface area contributed by atoms with Crippen molar-refractivity contribution in [2.24, 2.45) is 0 Å². The molecule has 1 N–H and O–H groups in total. The monoisotopic (exact) mass is 413 g/mol. The van der Waals surface area contributed by atoms with Crippen LogP contribution in [-0.4, -0.2) is 34.3 Å². The largest absolute Gasteiger partial charge is 0.515 e. The standard InChI is InChI=1S/C20H19N3O5S/c1-11(2)26-20(24)28-18-12(10-25-3)16-14(9-22-18)23-13-5-4-6-15(17(13)16)27-19-21-7-8-29-19/h4-9,11,23H,10H2,1-3H3. The predicted octanol–water partition coefficient (Wildman–Crippen LogP) is 5.04. The summed E-state index contributed by atoms with van der Waals surface area (Å²) in [5.41, 5.74) is 2.24. The number of ether oxygens (including phenoxy) is 4. The van der Waals surface area contributed by atoms with Gasteiger partial charge < -0.3 is 23.9 Å². The first kappa shape index (κ1) is 19.2. The van der Waals surface area contributed by atoms with E-state index in [0.717, 1.165) is 21.8 Å². The minimum absolute atomic E-state index is 0.134. The summed E-state index contributed by atoms with van der Waals surface area (Å²) in [5, 5.41) is 4.01. The maximum Gasteiger partial charge on any atom is 0.515 e. The number of aromatic amines is 1. The molecular weight excluding hydrogens is 394 g/mol. The maximum absolute atomic E-state index is 12.0. The zero-order valence-electron chi connectivity index (χ0n) is 16.1. The van der Waals surface area contributed by atoms with Gasteiger partial charge in [-0.15, -0.1) is 0 Å². The molecule has 0 bridgehead atoms. The molecule has 0 fully saturated rings. The lowest BCUT2D eigenvalue weighted by atomic mass is 10.1. The van der Waals surface area contributed by atoms with Crippen molar-refractivity contribution >= 4 is 39.3 Å². The number of H-pyrrole nitrogens is 1. The van der Waals surface area contributed by atoms with E-state index < -0.39 is 6.16 Å². The topological polar surface area (TPSA) is 95.6 Å². The van der Waals surface area contributed by atoms with Gasteiger partial charge in [-0.25, -0.2) is 14.8 Å². The Morgan fingerprint density at radius 2 is 2.07 bits per heavy atom. The number of pyridine rings is 1.